The minimum absolute atomic E-state index is 0.00395. The van der Waals surface area contributed by atoms with Gasteiger partial charge in [0, 0.05) is 19.5 Å². The number of hydrogen-bond acceptors (Lipinski definition) is 4. The van der Waals surface area contributed by atoms with Gasteiger partial charge in [-0.3, -0.25) is 4.79 Å². The number of piperidine rings is 1. The van der Waals surface area contributed by atoms with Crippen LogP contribution in [0.15, 0.2) is 18.2 Å². The third-order valence-electron chi connectivity index (χ3n) is 5.30. The van der Waals surface area contributed by atoms with Crippen molar-refractivity contribution in [1.82, 2.24) is 4.90 Å². The number of likely N-dealkylation sites (tertiary alicyclic amines) is 1. The normalized spacial score (nSPS) is 26.4. The summed E-state index contributed by atoms with van der Waals surface area (Å²) in [6, 6.07) is 5.66. The van der Waals surface area contributed by atoms with Gasteiger partial charge in [0.1, 0.15) is 5.75 Å². The molecule has 0 bridgehead atoms. The summed E-state index contributed by atoms with van der Waals surface area (Å²) in [5.41, 5.74) is 0.731. The summed E-state index contributed by atoms with van der Waals surface area (Å²) in [6.07, 6.45) is 2.86. The molecule has 1 amide bonds. The lowest BCUT2D eigenvalue weighted by atomic mass is 9.78. The molecule has 2 aliphatic heterocycles. The van der Waals surface area contributed by atoms with Crippen LogP contribution in [0, 0.1) is 6.92 Å². The Morgan fingerprint density at radius 3 is 2.62 bits per heavy atom. The Balaban J connectivity index is 1.70. The van der Waals surface area contributed by atoms with E-state index in [0.717, 1.165) is 18.4 Å². The summed E-state index contributed by atoms with van der Waals surface area (Å²) in [5.74, 6) is 0.626. The number of hydrogen-bond donors (Lipinski definition) is 1. The number of carbonyl (C=O) groups is 1. The van der Waals surface area contributed by atoms with Gasteiger partial charge in [0.15, 0.2) is 0 Å². The van der Waals surface area contributed by atoms with Crippen LogP contribution in [0.3, 0.4) is 0 Å². The van der Waals surface area contributed by atoms with Crippen molar-refractivity contribution in [1.29, 1.82) is 0 Å². The van der Waals surface area contributed by atoms with E-state index < -0.39 is 5.60 Å². The van der Waals surface area contributed by atoms with Crippen molar-refractivity contribution in [3.8, 4) is 5.75 Å². The number of rotatable bonds is 2. The number of methoxy groups -OCH3 is 1. The molecule has 1 atom stereocenters. The molecule has 0 aromatic heterocycles. The van der Waals surface area contributed by atoms with Crippen LogP contribution in [-0.4, -0.2) is 53.9 Å². The fourth-order valence-corrected chi connectivity index (χ4v) is 3.90. The molecule has 1 aromatic rings. The zero-order valence-electron chi connectivity index (χ0n) is 14.8. The molecule has 1 spiro atoms. The van der Waals surface area contributed by atoms with Crippen LogP contribution >= 0.6 is 0 Å². The Morgan fingerprint density at radius 1 is 1.29 bits per heavy atom. The first kappa shape index (κ1) is 17.2. The maximum absolute atomic E-state index is 12.8. The van der Waals surface area contributed by atoms with E-state index >= 15 is 0 Å². The second-order valence-corrected chi connectivity index (χ2v) is 7.45. The van der Waals surface area contributed by atoms with E-state index in [9.17, 15) is 9.90 Å². The lowest BCUT2D eigenvalue weighted by molar-refractivity contribution is -0.170. The van der Waals surface area contributed by atoms with Crippen molar-refractivity contribution in [3.05, 3.63) is 29.3 Å². The van der Waals surface area contributed by atoms with Crippen molar-refractivity contribution >= 4 is 5.91 Å². The van der Waals surface area contributed by atoms with Gasteiger partial charge in [-0.1, -0.05) is 6.07 Å². The van der Waals surface area contributed by atoms with Gasteiger partial charge in [-0.25, -0.2) is 0 Å². The van der Waals surface area contributed by atoms with Crippen molar-refractivity contribution in [3.63, 3.8) is 0 Å². The minimum Gasteiger partial charge on any atom is -0.496 e. The van der Waals surface area contributed by atoms with Crippen LogP contribution in [0.4, 0.5) is 0 Å². The standard InChI is InChI=1S/C19H27NO4/c1-14-4-5-15(16(12-14)23-3)17(21)20-9-6-19(7-10-20)13-18(2,22)8-11-24-19/h4-5,12,22H,6-11,13H2,1-3H3. The average Bonchev–Trinajstić information content (AvgIpc) is 2.53. The minimum atomic E-state index is -0.662. The van der Waals surface area contributed by atoms with Crippen molar-refractivity contribution < 1.29 is 19.4 Å². The third kappa shape index (κ3) is 3.42. The number of amides is 1. The molecule has 0 radical (unpaired) electrons. The zero-order valence-corrected chi connectivity index (χ0v) is 14.8. The highest BCUT2D eigenvalue weighted by atomic mass is 16.5. The largest absolute Gasteiger partial charge is 0.496 e. The molecule has 1 aromatic carbocycles. The Bertz CT molecular complexity index is 618. The van der Waals surface area contributed by atoms with Crippen LogP contribution in [-0.2, 0) is 4.74 Å². The summed E-state index contributed by atoms with van der Waals surface area (Å²) in [5, 5.41) is 10.4. The number of benzene rings is 1. The fourth-order valence-electron chi connectivity index (χ4n) is 3.90. The average molecular weight is 333 g/mol. The van der Waals surface area contributed by atoms with Crippen molar-refractivity contribution in [2.24, 2.45) is 0 Å². The van der Waals surface area contributed by atoms with Crippen molar-refractivity contribution in [2.75, 3.05) is 26.8 Å². The first-order chi connectivity index (χ1) is 11.3. The summed E-state index contributed by atoms with van der Waals surface area (Å²) in [7, 11) is 1.59. The molecule has 0 saturated carbocycles. The molecule has 2 aliphatic rings. The van der Waals surface area contributed by atoms with E-state index in [-0.39, 0.29) is 11.5 Å². The summed E-state index contributed by atoms with van der Waals surface area (Å²) < 4.78 is 11.4. The molecule has 5 heteroatoms. The van der Waals surface area contributed by atoms with E-state index in [1.165, 1.54) is 0 Å². The summed E-state index contributed by atoms with van der Waals surface area (Å²) >= 11 is 0. The zero-order chi connectivity index (χ0) is 17.4. The van der Waals surface area contributed by atoms with E-state index in [2.05, 4.69) is 0 Å². The number of aryl methyl sites for hydroxylation is 1. The Kier molecular flexibility index (Phi) is 4.58. The maximum atomic E-state index is 12.8. The molecule has 1 N–H and O–H groups in total. The Labute approximate surface area is 143 Å². The first-order valence-electron chi connectivity index (χ1n) is 8.64. The lowest BCUT2D eigenvalue weighted by Crippen LogP contribution is -2.54. The monoisotopic (exact) mass is 333 g/mol. The number of ether oxygens (including phenoxy) is 2. The van der Waals surface area contributed by atoms with E-state index in [4.69, 9.17) is 9.47 Å². The predicted molar refractivity (Wildman–Crippen MR) is 91.4 cm³/mol. The van der Waals surface area contributed by atoms with Crippen LogP contribution in [0.2, 0.25) is 0 Å². The number of carbonyl (C=O) groups excluding carboxylic acids is 1. The molecular weight excluding hydrogens is 306 g/mol. The first-order valence-corrected chi connectivity index (χ1v) is 8.64. The lowest BCUT2D eigenvalue weighted by Gasteiger charge is -2.48. The van der Waals surface area contributed by atoms with E-state index in [1.807, 2.05) is 36.9 Å². The van der Waals surface area contributed by atoms with Crippen molar-refractivity contribution in [2.45, 2.75) is 50.7 Å². The van der Waals surface area contributed by atoms with Gasteiger partial charge in [-0.15, -0.1) is 0 Å². The fraction of sp³-hybridized carbons (Fsp3) is 0.632. The molecule has 24 heavy (non-hydrogen) atoms. The van der Waals surface area contributed by atoms with Gasteiger partial charge in [0.2, 0.25) is 0 Å². The molecule has 2 heterocycles. The van der Waals surface area contributed by atoms with E-state index in [1.54, 1.807) is 7.11 Å². The van der Waals surface area contributed by atoms with Gasteiger partial charge >= 0.3 is 0 Å². The topological polar surface area (TPSA) is 59.0 Å². The smallest absolute Gasteiger partial charge is 0.257 e. The maximum Gasteiger partial charge on any atom is 0.257 e. The second kappa shape index (κ2) is 6.37. The molecule has 2 fully saturated rings. The number of nitrogens with zero attached hydrogens (tertiary/aromatic N) is 1. The highest BCUT2D eigenvalue weighted by Gasteiger charge is 2.45. The summed E-state index contributed by atoms with van der Waals surface area (Å²) in [6.45, 7) is 5.74. The predicted octanol–water partition coefficient (Wildman–Crippen LogP) is 2.54. The van der Waals surface area contributed by atoms with Crippen LogP contribution in [0.1, 0.15) is 48.5 Å². The Hall–Kier alpha value is -1.59. The van der Waals surface area contributed by atoms with Gasteiger partial charge in [-0.2, -0.15) is 0 Å². The SMILES string of the molecule is COc1cc(C)ccc1C(=O)N1CCC2(CC1)CC(C)(O)CCO2. The van der Waals surface area contributed by atoms with Gasteiger partial charge in [0.25, 0.3) is 5.91 Å². The molecular formula is C19H27NO4. The summed E-state index contributed by atoms with van der Waals surface area (Å²) in [4.78, 5) is 14.7. The van der Waals surface area contributed by atoms with Crippen LogP contribution in [0.5, 0.6) is 5.75 Å². The highest BCUT2D eigenvalue weighted by Crippen LogP contribution is 2.39. The molecule has 132 valence electrons. The third-order valence-corrected chi connectivity index (χ3v) is 5.30. The van der Waals surface area contributed by atoms with E-state index in [0.29, 0.717) is 43.9 Å². The van der Waals surface area contributed by atoms with Crippen LogP contribution < -0.4 is 4.74 Å². The highest BCUT2D eigenvalue weighted by molar-refractivity contribution is 5.97. The van der Waals surface area contributed by atoms with Gasteiger partial charge < -0.3 is 19.5 Å². The molecule has 5 nitrogen and oxygen atoms in total. The van der Waals surface area contributed by atoms with Gasteiger partial charge in [0.05, 0.1) is 30.5 Å². The quantitative estimate of drug-likeness (QED) is 0.903. The molecule has 3 rings (SSSR count). The molecule has 1 unspecified atom stereocenters. The molecule has 2 saturated heterocycles. The second-order valence-electron chi connectivity index (χ2n) is 7.45. The van der Waals surface area contributed by atoms with Gasteiger partial charge in [-0.05, 0) is 50.8 Å². The Morgan fingerprint density at radius 2 is 2.00 bits per heavy atom. The molecule has 0 aliphatic carbocycles. The number of aliphatic hydroxyl groups is 1. The van der Waals surface area contributed by atoms with Crippen LogP contribution in [0.25, 0.3) is 0 Å².